The number of hydrogen-bond acceptors (Lipinski definition) is 3. The quantitative estimate of drug-likeness (QED) is 0.701. The van der Waals surface area contributed by atoms with Gasteiger partial charge in [-0.1, -0.05) is 6.08 Å². The molecule has 1 N–H and O–H groups in total. The molecule has 1 unspecified atom stereocenters. The van der Waals surface area contributed by atoms with Crippen LogP contribution in [0.25, 0.3) is 0 Å². The van der Waals surface area contributed by atoms with E-state index in [4.69, 9.17) is 9.47 Å². The Labute approximate surface area is 122 Å². The predicted octanol–water partition coefficient (Wildman–Crippen LogP) is 3.33. The molecule has 1 aromatic rings. The van der Waals surface area contributed by atoms with Gasteiger partial charge in [0, 0.05) is 18.2 Å². The van der Waals surface area contributed by atoms with Crippen LogP contribution in [-0.4, -0.2) is 25.3 Å². The molecule has 0 amide bonds. The van der Waals surface area contributed by atoms with Crippen molar-refractivity contribution < 1.29 is 9.47 Å². The van der Waals surface area contributed by atoms with E-state index in [1.165, 1.54) is 12.8 Å². The zero-order valence-electron chi connectivity index (χ0n) is 12.5. The Bertz CT molecular complexity index is 441. The minimum Gasteiger partial charge on any atom is -0.494 e. The Kier molecular flexibility index (Phi) is 5.48. The van der Waals surface area contributed by atoms with Crippen molar-refractivity contribution in [2.24, 2.45) is 0 Å². The maximum atomic E-state index is 6.04. The maximum absolute atomic E-state index is 6.04. The van der Waals surface area contributed by atoms with Crippen LogP contribution in [-0.2, 0) is 6.42 Å². The summed E-state index contributed by atoms with van der Waals surface area (Å²) in [5, 5.41) is 3.49. The van der Waals surface area contributed by atoms with Gasteiger partial charge in [0.05, 0.1) is 6.61 Å². The van der Waals surface area contributed by atoms with Gasteiger partial charge in [-0.25, -0.2) is 0 Å². The summed E-state index contributed by atoms with van der Waals surface area (Å²) in [5.41, 5.74) is 1.13. The van der Waals surface area contributed by atoms with E-state index in [9.17, 15) is 0 Å². The second-order valence-electron chi connectivity index (χ2n) is 5.31. The van der Waals surface area contributed by atoms with Gasteiger partial charge in [-0.2, -0.15) is 0 Å². The summed E-state index contributed by atoms with van der Waals surface area (Å²) in [7, 11) is 0. The van der Waals surface area contributed by atoms with E-state index in [2.05, 4.69) is 18.8 Å². The van der Waals surface area contributed by atoms with Crippen molar-refractivity contribution in [3.8, 4) is 11.5 Å². The molecular formula is C17H25NO2. The standard InChI is InChI=1S/C17H25NO2/c1-4-6-14-11-16(19-5-2)9-10-17(14)20-13(3)12-18-15-7-8-15/h4,9-11,13,15,18H,1,5-8,12H2,2-3H3. The molecule has 0 aromatic heterocycles. The zero-order chi connectivity index (χ0) is 14.4. The second kappa shape index (κ2) is 7.34. The molecule has 0 heterocycles. The van der Waals surface area contributed by atoms with E-state index in [1.54, 1.807) is 0 Å². The Hall–Kier alpha value is -1.48. The van der Waals surface area contributed by atoms with Gasteiger partial charge >= 0.3 is 0 Å². The van der Waals surface area contributed by atoms with Crippen LogP contribution >= 0.6 is 0 Å². The third kappa shape index (κ3) is 4.57. The molecule has 0 saturated heterocycles. The molecule has 0 bridgehead atoms. The fraction of sp³-hybridized carbons (Fsp3) is 0.529. The van der Waals surface area contributed by atoms with Crippen molar-refractivity contribution in [2.75, 3.05) is 13.2 Å². The van der Waals surface area contributed by atoms with Crippen LogP contribution in [0, 0.1) is 0 Å². The molecule has 1 saturated carbocycles. The monoisotopic (exact) mass is 275 g/mol. The Morgan fingerprint density at radius 3 is 2.90 bits per heavy atom. The third-order valence-corrected chi connectivity index (χ3v) is 3.31. The van der Waals surface area contributed by atoms with Gasteiger partial charge in [-0.3, -0.25) is 0 Å². The Morgan fingerprint density at radius 1 is 1.45 bits per heavy atom. The van der Waals surface area contributed by atoms with E-state index >= 15 is 0 Å². The van der Waals surface area contributed by atoms with Crippen LogP contribution in [0.5, 0.6) is 11.5 Å². The van der Waals surface area contributed by atoms with E-state index in [1.807, 2.05) is 31.2 Å². The van der Waals surface area contributed by atoms with Crippen molar-refractivity contribution in [3.63, 3.8) is 0 Å². The molecule has 1 aromatic carbocycles. The van der Waals surface area contributed by atoms with E-state index in [-0.39, 0.29) is 6.10 Å². The molecule has 1 aliphatic carbocycles. The first-order valence-corrected chi connectivity index (χ1v) is 7.49. The van der Waals surface area contributed by atoms with Gasteiger partial charge in [-0.15, -0.1) is 6.58 Å². The zero-order valence-corrected chi connectivity index (χ0v) is 12.5. The smallest absolute Gasteiger partial charge is 0.123 e. The largest absolute Gasteiger partial charge is 0.494 e. The maximum Gasteiger partial charge on any atom is 0.123 e. The van der Waals surface area contributed by atoms with Crippen LogP contribution in [0.2, 0.25) is 0 Å². The van der Waals surface area contributed by atoms with Crippen LogP contribution in [0.15, 0.2) is 30.9 Å². The van der Waals surface area contributed by atoms with Gasteiger partial charge < -0.3 is 14.8 Å². The van der Waals surface area contributed by atoms with E-state index in [0.717, 1.165) is 30.0 Å². The molecule has 1 atom stereocenters. The summed E-state index contributed by atoms with van der Waals surface area (Å²) in [4.78, 5) is 0. The van der Waals surface area contributed by atoms with Gasteiger partial charge in [0.25, 0.3) is 0 Å². The topological polar surface area (TPSA) is 30.5 Å². The number of benzene rings is 1. The first kappa shape index (κ1) is 14.9. The normalized spacial score (nSPS) is 15.7. The summed E-state index contributed by atoms with van der Waals surface area (Å²) < 4.78 is 11.6. The summed E-state index contributed by atoms with van der Waals surface area (Å²) in [6.45, 7) is 9.47. The molecule has 0 spiro atoms. The molecule has 1 fully saturated rings. The molecular weight excluding hydrogens is 250 g/mol. The lowest BCUT2D eigenvalue weighted by molar-refractivity contribution is 0.214. The average molecular weight is 275 g/mol. The van der Waals surface area contributed by atoms with Crippen molar-refractivity contribution in [2.45, 2.75) is 45.3 Å². The van der Waals surface area contributed by atoms with Gasteiger partial charge in [0.2, 0.25) is 0 Å². The summed E-state index contributed by atoms with van der Waals surface area (Å²) >= 11 is 0. The lowest BCUT2D eigenvalue weighted by Gasteiger charge is -2.18. The number of rotatable bonds is 9. The molecule has 110 valence electrons. The highest BCUT2D eigenvalue weighted by Gasteiger charge is 2.21. The fourth-order valence-electron chi connectivity index (χ4n) is 2.12. The van der Waals surface area contributed by atoms with E-state index < -0.39 is 0 Å². The lowest BCUT2D eigenvalue weighted by atomic mass is 10.1. The second-order valence-corrected chi connectivity index (χ2v) is 5.31. The van der Waals surface area contributed by atoms with Gasteiger partial charge in [-0.05, 0) is 51.3 Å². The molecule has 20 heavy (non-hydrogen) atoms. The van der Waals surface area contributed by atoms with Crippen molar-refractivity contribution in [3.05, 3.63) is 36.4 Å². The molecule has 3 nitrogen and oxygen atoms in total. The molecule has 0 radical (unpaired) electrons. The molecule has 0 aliphatic heterocycles. The number of ether oxygens (including phenoxy) is 2. The Balaban J connectivity index is 1.98. The number of allylic oxidation sites excluding steroid dienone is 1. The fourth-order valence-corrected chi connectivity index (χ4v) is 2.12. The minimum atomic E-state index is 0.164. The highest BCUT2D eigenvalue weighted by Crippen LogP contribution is 2.26. The van der Waals surface area contributed by atoms with Crippen LogP contribution in [0.3, 0.4) is 0 Å². The van der Waals surface area contributed by atoms with Crippen LogP contribution in [0.4, 0.5) is 0 Å². The van der Waals surface area contributed by atoms with Crippen molar-refractivity contribution in [1.82, 2.24) is 5.32 Å². The molecule has 3 heteroatoms. The Morgan fingerprint density at radius 2 is 2.25 bits per heavy atom. The van der Waals surface area contributed by atoms with Crippen LogP contribution < -0.4 is 14.8 Å². The summed E-state index contributed by atoms with van der Waals surface area (Å²) in [6.07, 6.45) is 5.45. The number of nitrogens with one attached hydrogen (secondary N) is 1. The number of hydrogen-bond donors (Lipinski definition) is 1. The van der Waals surface area contributed by atoms with Crippen molar-refractivity contribution >= 4 is 0 Å². The van der Waals surface area contributed by atoms with Gasteiger partial charge in [0.1, 0.15) is 17.6 Å². The highest BCUT2D eigenvalue weighted by atomic mass is 16.5. The minimum absolute atomic E-state index is 0.164. The summed E-state index contributed by atoms with van der Waals surface area (Å²) in [6, 6.07) is 6.72. The SMILES string of the molecule is C=CCc1cc(OCC)ccc1OC(C)CNC1CC1. The lowest BCUT2D eigenvalue weighted by Crippen LogP contribution is -2.30. The highest BCUT2D eigenvalue weighted by molar-refractivity contribution is 5.41. The van der Waals surface area contributed by atoms with Crippen molar-refractivity contribution in [1.29, 1.82) is 0 Å². The first-order chi connectivity index (χ1) is 9.72. The predicted molar refractivity (Wildman–Crippen MR) is 82.6 cm³/mol. The summed E-state index contributed by atoms with van der Waals surface area (Å²) in [5.74, 6) is 1.82. The van der Waals surface area contributed by atoms with Crippen LogP contribution in [0.1, 0.15) is 32.3 Å². The van der Waals surface area contributed by atoms with E-state index in [0.29, 0.717) is 12.6 Å². The average Bonchev–Trinajstić information content (AvgIpc) is 3.24. The third-order valence-electron chi connectivity index (χ3n) is 3.31. The first-order valence-electron chi connectivity index (χ1n) is 7.49. The van der Waals surface area contributed by atoms with Gasteiger partial charge in [0.15, 0.2) is 0 Å². The molecule has 1 aliphatic rings. The molecule has 2 rings (SSSR count).